The zero-order chi connectivity index (χ0) is 12.1. The second kappa shape index (κ2) is 5.86. The molecule has 0 saturated carbocycles. The van der Waals surface area contributed by atoms with Gasteiger partial charge in [-0.2, -0.15) is 0 Å². The van der Waals surface area contributed by atoms with Crippen LogP contribution < -0.4 is 5.32 Å². The second-order valence-electron chi connectivity index (χ2n) is 3.13. The van der Waals surface area contributed by atoms with Crippen molar-refractivity contribution < 1.29 is 4.79 Å². The van der Waals surface area contributed by atoms with E-state index in [1.807, 2.05) is 6.92 Å². The maximum absolute atomic E-state index is 11.5. The summed E-state index contributed by atoms with van der Waals surface area (Å²) < 4.78 is 0. The number of amides is 1. The number of aromatic nitrogens is 2. The van der Waals surface area contributed by atoms with Crippen LogP contribution in [0.2, 0.25) is 10.3 Å². The van der Waals surface area contributed by atoms with Crippen molar-refractivity contribution in [1.82, 2.24) is 15.1 Å². The molecule has 5 nitrogen and oxygen atoms in total. The quantitative estimate of drug-likeness (QED) is 0.897. The fraction of sp³-hybridized carbons (Fsp3) is 0.444. The average Bonchev–Trinajstić information content (AvgIpc) is 2.28. The predicted molar refractivity (Wildman–Crippen MR) is 63.9 cm³/mol. The van der Waals surface area contributed by atoms with Crippen molar-refractivity contribution in [3.05, 3.63) is 16.4 Å². The molecule has 0 aliphatic rings. The Morgan fingerprint density at radius 1 is 1.50 bits per heavy atom. The van der Waals surface area contributed by atoms with Crippen molar-refractivity contribution in [1.29, 1.82) is 0 Å². The number of hydrogen-bond acceptors (Lipinski definition) is 4. The lowest BCUT2D eigenvalue weighted by atomic mass is 10.4. The van der Waals surface area contributed by atoms with E-state index < -0.39 is 0 Å². The van der Waals surface area contributed by atoms with Crippen LogP contribution in [0.15, 0.2) is 6.07 Å². The third-order valence-electron chi connectivity index (χ3n) is 2.05. The summed E-state index contributed by atoms with van der Waals surface area (Å²) in [5, 5.41) is 10.5. The first-order valence-corrected chi connectivity index (χ1v) is 5.46. The molecule has 0 unspecified atom stereocenters. The van der Waals surface area contributed by atoms with E-state index in [-0.39, 0.29) is 22.8 Å². The van der Waals surface area contributed by atoms with Gasteiger partial charge in [0.25, 0.3) is 0 Å². The van der Waals surface area contributed by atoms with Crippen LogP contribution in [0, 0.1) is 0 Å². The van der Waals surface area contributed by atoms with Crippen LogP contribution in [-0.2, 0) is 4.79 Å². The molecule has 0 radical (unpaired) electrons. The van der Waals surface area contributed by atoms with Gasteiger partial charge in [0.15, 0.2) is 10.3 Å². The Balaban J connectivity index is 2.61. The lowest BCUT2D eigenvalue weighted by molar-refractivity contribution is -0.127. The van der Waals surface area contributed by atoms with Crippen molar-refractivity contribution in [2.24, 2.45) is 0 Å². The molecule has 0 fully saturated rings. The molecule has 0 atom stereocenters. The van der Waals surface area contributed by atoms with Gasteiger partial charge in [0.1, 0.15) is 0 Å². The van der Waals surface area contributed by atoms with Gasteiger partial charge in [0.05, 0.1) is 12.2 Å². The molecule has 0 bridgehead atoms. The summed E-state index contributed by atoms with van der Waals surface area (Å²) in [5.41, 5.74) is 0.500. The fourth-order valence-corrected chi connectivity index (χ4v) is 1.27. The van der Waals surface area contributed by atoms with Gasteiger partial charge >= 0.3 is 0 Å². The first-order valence-electron chi connectivity index (χ1n) is 4.71. The Bertz CT molecular complexity index is 386. The molecule has 1 aromatic rings. The average molecular weight is 263 g/mol. The van der Waals surface area contributed by atoms with Crippen molar-refractivity contribution in [2.75, 3.05) is 25.5 Å². The molecule has 1 rings (SSSR count). The standard InChI is InChI=1S/C9H12Cl2N4O/c1-3-15(2)8(16)5-12-6-4-7(10)13-14-9(6)11/h4H,3,5H2,1-2H3,(H,12,13). The number of hydrogen-bond donors (Lipinski definition) is 1. The Morgan fingerprint density at radius 2 is 2.19 bits per heavy atom. The summed E-state index contributed by atoms with van der Waals surface area (Å²) in [7, 11) is 1.73. The minimum atomic E-state index is -0.0356. The van der Waals surface area contributed by atoms with Crippen LogP contribution >= 0.6 is 23.2 Å². The smallest absolute Gasteiger partial charge is 0.241 e. The summed E-state index contributed by atoms with van der Waals surface area (Å²) in [4.78, 5) is 13.1. The Labute approximate surface area is 104 Å². The van der Waals surface area contributed by atoms with Crippen LogP contribution in [0.4, 0.5) is 5.69 Å². The summed E-state index contributed by atoms with van der Waals surface area (Å²) in [6, 6.07) is 1.52. The van der Waals surface area contributed by atoms with E-state index in [0.717, 1.165) is 0 Å². The lowest BCUT2D eigenvalue weighted by Crippen LogP contribution is -2.31. The number of likely N-dealkylation sites (N-methyl/N-ethyl adjacent to an activating group) is 1. The van der Waals surface area contributed by atoms with E-state index >= 15 is 0 Å². The van der Waals surface area contributed by atoms with Crippen LogP contribution in [0.1, 0.15) is 6.92 Å². The van der Waals surface area contributed by atoms with E-state index in [4.69, 9.17) is 23.2 Å². The topological polar surface area (TPSA) is 58.1 Å². The van der Waals surface area contributed by atoms with Crippen molar-refractivity contribution >= 4 is 34.8 Å². The van der Waals surface area contributed by atoms with Crippen LogP contribution in [0.5, 0.6) is 0 Å². The first-order chi connectivity index (χ1) is 7.54. The highest BCUT2D eigenvalue weighted by Crippen LogP contribution is 2.20. The number of carbonyl (C=O) groups is 1. The Morgan fingerprint density at radius 3 is 2.81 bits per heavy atom. The molecular weight excluding hydrogens is 251 g/mol. The molecule has 0 aliphatic heterocycles. The molecule has 0 aromatic carbocycles. The van der Waals surface area contributed by atoms with Crippen LogP contribution in [-0.4, -0.2) is 41.1 Å². The number of rotatable bonds is 4. The molecule has 1 aromatic heterocycles. The van der Waals surface area contributed by atoms with Gasteiger partial charge in [-0.3, -0.25) is 4.79 Å². The van der Waals surface area contributed by atoms with E-state index in [2.05, 4.69) is 15.5 Å². The van der Waals surface area contributed by atoms with Gasteiger partial charge < -0.3 is 10.2 Å². The zero-order valence-electron chi connectivity index (χ0n) is 9.00. The van der Waals surface area contributed by atoms with Crippen molar-refractivity contribution in [3.8, 4) is 0 Å². The van der Waals surface area contributed by atoms with Crippen molar-refractivity contribution in [2.45, 2.75) is 6.92 Å². The third kappa shape index (κ3) is 3.50. The van der Waals surface area contributed by atoms with Crippen molar-refractivity contribution in [3.63, 3.8) is 0 Å². The number of nitrogens with one attached hydrogen (secondary N) is 1. The van der Waals surface area contributed by atoms with Gasteiger partial charge in [-0.1, -0.05) is 23.2 Å². The molecule has 88 valence electrons. The second-order valence-corrected chi connectivity index (χ2v) is 3.88. The molecule has 0 saturated heterocycles. The highest BCUT2D eigenvalue weighted by atomic mass is 35.5. The molecule has 1 N–H and O–H groups in total. The third-order valence-corrected chi connectivity index (χ3v) is 2.51. The minimum absolute atomic E-state index is 0.0356. The highest BCUT2D eigenvalue weighted by molar-refractivity contribution is 6.33. The molecule has 1 amide bonds. The molecule has 1 heterocycles. The van der Waals surface area contributed by atoms with Gasteiger partial charge in [-0.05, 0) is 6.92 Å². The molecule has 16 heavy (non-hydrogen) atoms. The monoisotopic (exact) mass is 262 g/mol. The van der Waals surface area contributed by atoms with E-state index in [1.165, 1.54) is 6.07 Å². The summed E-state index contributed by atoms with van der Waals surface area (Å²) in [6.45, 7) is 2.70. The molecule has 7 heteroatoms. The van der Waals surface area contributed by atoms with Gasteiger partial charge in [-0.15, -0.1) is 10.2 Å². The molecule has 0 aliphatic carbocycles. The van der Waals surface area contributed by atoms with E-state index in [0.29, 0.717) is 12.2 Å². The Kier molecular flexibility index (Phi) is 4.76. The summed E-state index contributed by atoms with van der Waals surface area (Å²) in [5.74, 6) is -0.0356. The largest absolute Gasteiger partial charge is 0.373 e. The van der Waals surface area contributed by atoms with Gasteiger partial charge in [0, 0.05) is 19.7 Å². The SMILES string of the molecule is CCN(C)C(=O)CNc1cc(Cl)nnc1Cl. The maximum atomic E-state index is 11.5. The highest BCUT2D eigenvalue weighted by Gasteiger charge is 2.08. The van der Waals surface area contributed by atoms with Gasteiger partial charge in [0.2, 0.25) is 5.91 Å². The van der Waals surface area contributed by atoms with E-state index in [9.17, 15) is 4.79 Å². The van der Waals surface area contributed by atoms with Gasteiger partial charge in [-0.25, -0.2) is 0 Å². The molecular formula is C9H12Cl2N4O. The van der Waals surface area contributed by atoms with Crippen LogP contribution in [0.25, 0.3) is 0 Å². The number of nitrogens with zero attached hydrogens (tertiary/aromatic N) is 3. The normalized spacial score (nSPS) is 10.0. The number of halogens is 2. The zero-order valence-corrected chi connectivity index (χ0v) is 10.5. The first kappa shape index (κ1) is 13.0. The number of anilines is 1. The summed E-state index contributed by atoms with van der Waals surface area (Å²) >= 11 is 11.4. The maximum Gasteiger partial charge on any atom is 0.241 e. The lowest BCUT2D eigenvalue weighted by Gasteiger charge is -2.15. The minimum Gasteiger partial charge on any atom is -0.373 e. The Hall–Kier alpha value is -1.07. The van der Waals surface area contributed by atoms with Crippen LogP contribution in [0.3, 0.4) is 0 Å². The number of carbonyl (C=O) groups excluding carboxylic acids is 1. The molecule has 0 spiro atoms. The fourth-order valence-electron chi connectivity index (χ4n) is 0.959. The van der Waals surface area contributed by atoms with E-state index in [1.54, 1.807) is 11.9 Å². The summed E-state index contributed by atoms with van der Waals surface area (Å²) in [6.07, 6.45) is 0. The predicted octanol–water partition coefficient (Wildman–Crippen LogP) is 1.67.